The first kappa shape index (κ1) is 30.9. The number of hydrogen-bond acceptors (Lipinski definition) is 8. The van der Waals surface area contributed by atoms with E-state index >= 15 is 0 Å². The van der Waals surface area contributed by atoms with E-state index in [1.165, 1.54) is 5.56 Å². The van der Waals surface area contributed by atoms with Crippen LogP contribution in [0.2, 0.25) is 0 Å². The summed E-state index contributed by atoms with van der Waals surface area (Å²) in [5.74, 6) is 3.55. The molecule has 0 saturated carbocycles. The highest BCUT2D eigenvalue weighted by molar-refractivity contribution is 5.83. The Hall–Kier alpha value is -3.56. The van der Waals surface area contributed by atoms with Crippen LogP contribution in [-0.4, -0.2) is 59.8 Å². The summed E-state index contributed by atoms with van der Waals surface area (Å²) in [5.41, 5.74) is 3.07. The summed E-state index contributed by atoms with van der Waals surface area (Å²) in [6.07, 6.45) is 2.69. The number of rotatable bonds is 17. The minimum Gasteiger partial charge on any atom is -0.496 e. The van der Waals surface area contributed by atoms with Crippen molar-refractivity contribution in [2.45, 2.75) is 44.5 Å². The maximum Gasteiger partial charge on any atom is 0.176 e. The number of nitrogens with one attached hydrogen (secondary N) is 1. The van der Waals surface area contributed by atoms with Crippen LogP contribution in [0.3, 0.4) is 0 Å². The molecular weight excluding hydrogens is 546 g/mol. The van der Waals surface area contributed by atoms with Gasteiger partial charge in [0, 0.05) is 50.0 Å². The zero-order valence-electron chi connectivity index (χ0n) is 25.2. The van der Waals surface area contributed by atoms with E-state index in [0.717, 1.165) is 71.9 Å². The Labute approximate surface area is 254 Å². The van der Waals surface area contributed by atoms with E-state index in [1.807, 2.05) is 48.5 Å². The lowest BCUT2D eigenvalue weighted by Gasteiger charge is -2.32. The largest absolute Gasteiger partial charge is 0.496 e. The molecule has 2 heterocycles. The van der Waals surface area contributed by atoms with Crippen LogP contribution in [0, 0.1) is 0 Å². The van der Waals surface area contributed by atoms with E-state index in [-0.39, 0.29) is 6.10 Å². The van der Waals surface area contributed by atoms with Gasteiger partial charge in [0.15, 0.2) is 11.3 Å². The third-order valence-electron chi connectivity index (χ3n) is 7.64. The van der Waals surface area contributed by atoms with Crippen molar-refractivity contribution < 1.29 is 32.8 Å². The average molecular weight is 590 g/mol. The molecule has 0 amide bonds. The van der Waals surface area contributed by atoms with E-state index in [4.69, 9.17) is 32.8 Å². The number of piperidine rings is 1. The number of ether oxygens (including phenoxy) is 6. The second-order valence-corrected chi connectivity index (χ2v) is 10.7. The molecule has 0 radical (unpaired) electrons. The first-order valence-corrected chi connectivity index (χ1v) is 15.1. The summed E-state index contributed by atoms with van der Waals surface area (Å²) in [4.78, 5) is 0. The van der Waals surface area contributed by atoms with Crippen molar-refractivity contribution >= 4 is 11.0 Å². The highest BCUT2D eigenvalue weighted by Crippen LogP contribution is 2.32. The molecule has 0 aliphatic carbocycles. The molecule has 1 saturated heterocycles. The molecule has 1 fully saturated rings. The standard InChI is InChI=1S/C35H43NO7/c1-37-18-6-21-41-33-11-5-9-27-22-30(43-35(27)33)25-42-34-23-36-17-16-31(34)26-12-14-29(15-13-26)40-20-7-19-39-24-28-8-3-4-10-32(28)38-2/h3-5,8-15,22,31,34,36H,6-7,16-21,23-25H2,1-2H3/t31-,34+/m1/s1. The van der Waals surface area contributed by atoms with Crippen LogP contribution < -0.4 is 19.5 Å². The Bertz CT molecular complexity index is 1390. The number of methoxy groups -OCH3 is 2. The molecule has 0 spiro atoms. The van der Waals surface area contributed by atoms with Crippen molar-refractivity contribution in [3.63, 3.8) is 0 Å². The second kappa shape index (κ2) is 16.3. The van der Waals surface area contributed by atoms with Gasteiger partial charge in [0.25, 0.3) is 0 Å². The third-order valence-corrected chi connectivity index (χ3v) is 7.64. The van der Waals surface area contributed by atoms with E-state index < -0.39 is 0 Å². The van der Waals surface area contributed by atoms with Crippen molar-refractivity contribution in [1.29, 1.82) is 0 Å². The second-order valence-electron chi connectivity index (χ2n) is 10.7. The van der Waals surface area contributed by atoms with Gasteiger partial charge < -0.3 is 38.2 Å². The number of para-hydroxylation sites is 2. The van der Waals surface area contributed by atoms with Crippen LogP contribution in [-0.2, 0) is 27.4 Å². The summed E-state index contributed by atoms with van der Waals surface area (Å²) >= 11 is 0. The minimum atomic E-state index is 0.0406. The molecule has 230 valence electrons. The molecule has 1 aromatic heterocycles. The smallest absolute Gasteiger partial charge is 0.176 e. The Kier molecular flexibility index (Phi) is 11.7. The van der Waals surface area contributed by atoms with Gasteiger partial charge in [-0.15, -0.1) is 0 Å². The van der Waals surface area contributed by atoms with Crippen molar-refractivity contribution in [3.05, 3.63) is 89.7 Å². The predicted octanol–water partition coefficient (Wildman–Crippen LogP) is 6.50. The first-order valence-electron chi connectivity index (χ1n) is 15.1. The third kappa shape index (κ3) is 8.74. The van der Waals surface area contributed by atoms with Gasteiger partial charge in [-0.2, -0.15) is 0 Å². The minimum absolute atomic E-state index is 0.0406. The van der Waals surface area contributed by atoms with Gasteiger partial charge in [0.05, 0.1) is 39.6 Å². The fourth-order valence-electron chi connectivity index (χ4n) is 5.40. The zero-order valence-corrected chi connectivity index (χ0v) is 25.2. The summed E-state index contributed by atoms with van der Waals surface area (Å²) in [6.45, 7) is 5.16. The molecule has 8 heteroatoms. The average Bonchev–Trinajstić information content (AvgIpc) is 3.48. The van der Waals surface area contributed by atoms with Gasteiger partial charge >= 0.3 is 0 Å². The van der Waals surface area contributed by atoms with Crippen LogP contribution in [0.15, 0.2) is 77.2 Å². The Morgan fingerprint density at radius 1 is 0.814 bits per heavy atom. The molecule has 1 aliphatic rings. The Balaban J connectivity index is 1.08. The highest BCUT2D eigenvalue weighted by atomic mass is 16.5. The van der Waals surface area contributed by atoms with Crippen LogP contribution >= 0.6 is 0 Å². The summed E-state index contributed by atoms with van der Waals surface area (Å²) in [7, 11) is 3.37. The highest BCUT2D eigenvalue weighted by Gasteiger charge is 2.27. The molecular formula is C35H43NO7. The van der Waals surface area contributed by atoms with Gasteiger partial charge in [0.2, 0.25) is 0 Å². The number of fused-ring (bicyclic) bond motifs is 1. The first-order chi connectivity index (χ1) is 21.2. The normalized spacial score (nSPS) is 16.8. The molecule has 8 nitrogen and oxygen atoms in total. The summed E-state index contributed by atoms with van der Waals surface area (Å²) in [6, 6.07) is 24.3. The molecule has 5 rings (SSSR count). The number of hydrogen-bond donors (Lipinski definition) is 1. The Morgan fingerprint density at radius 2 is 1.63 bits per heavy atom. The molecule has 1 aliphatic heterocycles. The number of furan rings is 1. The van der Waals surface area contributed by atoms with Gasteiger partial charge in [0.1, 0.15) is 23.9 Å². The molecule has 1 N–H and O–H groups in total. The maximum atomic E-state index is 6.43. The van der Waals surface area contributed by atoms with E-state index in [0.29, 0.717) is 45.6 Å². The van der Waals surface area contributed by atoms with E-state index in [1.54, 1.807) is 14.2 Å². The SMILES string of the molecule is COCCCOc1cccc2cc(CO[C@H]3CNCC[C@@H]3c3ccc(OCCCOCc4ccccc4OC)cc3)oc12. The van der Waals surface area contributed by atoms with E-state index in [9.17, 15) is 0 Å². The predicted molar refractivity (Wildman–Crippen MR) is 166 cm³/mol. The number of benzene rings is 3. The lowest BCUT2D eigenvalue weighted by molar-refractivity contribution is 0.00340. The van der Waals surface area contributed by atoms with Gasteiger partial charge in [-0.1, -0.05) is 42.5 Å². The molecule has 43 heavy (non-hydrogen) atoms. The van der Waals surface area contributed by atoms with Crippen LogP contribution in [0.25, 0.3) is 11.0 Å². The monoisotopic (exact) mass is 589 g/mol. The fourth-order valence-corrected chi connectivity index (χ4v) is 5.40. The maximum absolute atomic E-state index is 6.43. The van der Waals surface area contributed by atoms with Crippen LogP contribution in [0.5, 0.6) is 17.2 Å². The molecule has 2 atom stereocenters. The molecule has 4 aromatic rings. The van der Waals surface area contributed by atoms with Crippen LogP contribution in [0.1, 0.15) is 42.1 Å². The van der Waals surface area contributed by atoms with Crippen LogP contribution in [0.4, 0.5) is 0 Å². The summed E-state index contributed by atoms with van der Waals surface area (Å²) < 4.78 is 40.8. The van der Waals surface area contributed by atoms with Gasteiger partial charge in [-0.05, 0) is 48.9 Å². The lowest BCUT2D eigenvalue weighted by Crippen LogP contribution is -2.40. The van der Waals surface area contributed by atoms with Gasteiger partial charge in [-0.3, -0.25) is 0 Å². The van der Waals surface area contributed by atoms with Crippen molar-refractivity contribution in [2.75, 3.05) is 53.7 Å². The van der Waals surface area contributed by atoms with Crippen molar-refractivity contribution in [2.24, 2.45) is 0 Å². The lowest BCUT2D eigenvalue weighted by atomic mass is 9.87. The molecule has 3 aromatic carbocycles. The van der Waals surface area contributed by atoms with Crippen molar-refractivity contribution in [3.8, 4) is 17.2 Å². The topological polar surface area (TPSA) is 80.6 Å². The zero-order chi connectivity index (χ0) is 29.7. The van der Waals surface area contributed by atoms with Gasteiger partial charge in [-0.25, -0.2) is 0 Å². The molecule has 0 unspecified atom stereocenters. The fraction of sp³-hybridized carbons (Fsp3) is 0.429. The summed E-state index contributed by atoms with van der Waals surface area (Å²) in [5, 5.41) is 4.50. The quantitative estimate of drug-likeness (QED) is 0.140. The molecule has 0 bridgehead atoms. The van der Waals surface area contributed by atoms with Crippen molar-refractivity contribution in [1.82, 2.24) is 5.32 Å². The Morgan fingerprint density at radius 3 is 2.49 bits per heavy atom. The van der Waals surface area contributed by atoms with E-state index in [2.05, 4.69) is 29.6 Å².